The second kappa shape index (κ2) is 51.3. The first-order chi connectivity index (χ1) is 31.5. The SMILES string of the molecule is CC/C=C/C=C/C=C/C=C\CCCCCCCC(=O)OC(CCC/C=C/C=C/CCCCCCCCC)CC(=O)NC(CO)C(O)CCCCCCCCCCCCCCCCCC. The zero-order valence-corrected chi connectivity index (χ0v) is 42.1. The molecule has 6 heteroatoms. The van der Waals surface area contributed by atoms with E-state index in [1.54, 1.807) is 0 Å². The molecule has 0 saturated heterocycles. The molecule has 3 atom stereocenters. The number of rotatable bonds is 48. The van der Waals surface area contributed by atoms with Crippen molar-refractivity contribution in [2.45, 2.75) is 277 Å². The Hall–Kier alpha value is -2.70. The van der Waals surface area contributed by atoms with Gasteiger partial charge in [0.15, 0.2) is 0 Å². The molecule has 3 N–H and O–H groups in total. The summed E-state index contributed by atoms with van der Waals surface area (Å²) in [6.07, 6.45) is 65.4. The van der Waals surface area contributed by atoms with Gasteiger partial charge >= 0.3 is 5.97 Å². The Morgan fingerprint density at radius 2 is 0.859 bits per heavy atom. The van der Waals surface area contributed by atoms with Crippen molar-refractivity contribution >= 4 is 11.9 Å². The van der Waals surface area contributed by atoms with Crippen molar-refractivity contribution in [3.63, 3.8) is 0 Å². The number of hydrogen-bond donors (Lipinski definition) is 3. The van der Waals surface area contributed by atoms with Crippen LogP contribution in [0.4, 0.5) is 0 Å². The maximum atomic E-state index is 13.2. The lowest BCUT2D eigenvalue weighted by atomic mass is 10.0. The lowest BCUT2D eigenvalue weighted by molar-refractivity contribution is -0.151. The van der Waals surface area contributed by atoms with Crippen molar-refractivity contribution < 1.29 is 24.5 Å². The number of hydrogen-bond acceptors (Lipinski definition) is 5. The van der Waals surface area contributed by atoms with Crippen molar-refractivity contribution in [1.29, 1.82) is 0 Å². The van der Waals surface area contributed by atoms with Crippen molar-refractivity contribution in [2.24, 2.45) is 0 Å². The Morgan fingerprint density at radius 1 is 0.469 bits per heavy atom. The van der Waals surface area contributed by atoms with Crippen molar-refractivity contribution in [3.05, 3.63) is 72.9 Å². The zero-order valence-electron chi connectivity index (χ0n) is 42.1. The van der Waals surface area contributed by atoms with Crippen molar-refractivity contribution in [3.8, 4) is 0 Å². The Kier molecular flexibility index (Phi) is 49.1. The van der Waals surface area contributed by atoms with E-state index in [0.717, 1.165) is 83.5 Å². The lowest BCUT2D eigenvalue weighted by Gasteiger charge is -2.24. The van der Waals surface area contributed by atoms with E-state index in [-0.39, 0.29) is 24.9 Å². The number of aliphatic hydroxyl groups is 2. The molecule has 370 valence electrons. The smallest absolute Gasteiger partial charge is 0.306 e. The van der Waals surface area contributed by atoms with Gasteiger partial charge in [-0.2, -0.15) is 0 Å². The maximum absolute atomic E-state index is 13.2. The van der Waals surface area contributed by atoms with Crippen LogP contribution < -0.4 is 5.32 Å². The van der Waals surface area contributed by atoms with Gasteiger partial charge in [-0.1, -0.05) is 254 Å². The average Bonchev–Trinajstić information content (AvgIpc) is 3.29. The van der Waals surface area contributed by atoms with E-state index in [9.17, 15) is 19.8 Å². The molecule has 0 aromatic rings. The predicted octanol–water partition coefficient (Wildman–Crippen LogP) is 16.6. The lowest BCUT2D eigenvalue weighted by Crippen LogP contribution is -2.46. The van der Waals surface area contributed by atoms with Crippen LogP contribution >= 0.6 is 0 Å². The number of esters is 1. The van der Waals surface area contributed by atoms with Gasteiger partial charge in [0.05, 0.1) is 25.2 Å². The molecule has 0 heterocycles. The quantitative estimate of drug-likeness (QED) is 0.0321. The van der Waals surface area contributed by atoms with Crippen LogP contribution in [0.25, 0.3) is 0 Å². The standard InChI is InChI=1S/C58H103NO5/c1-4-7-10-13-16-19-22-25-28-30-32-35-38-41-44-47-50-56(61)55(53-60)59-57(62)52-54(49-46-43-40-37-34-31-27-24-21-18-15-12-9-6-3)64-58(63)51-48-45-42-39-36-33-29-26-23-20-17-14-11-8-5-2/h8,11,14,17,20,23,26,29,31,34,37,40,54-56,60-61H,4-7,9-10,12-13,15-16,18-19,21-22,24-25,27-28,30,32-33,35-36,38-39,41-53H2,1-3H3,(H,59,62)/b11-8+,17-14+,23-20+,29-26-,34-31+,40-37+. The molecule has 0 fully saturated rings. The summed E-state index contributed by atoms with van der Waals surface area (Å²) in [6, 6.07) is -0.724. The van der Waals surface area contributed by atoms with Crippen molar-refractivity contribution in [1.82, 2.24) is 5.32 Å². The van der Waals surface area contributed by atoms with Crippen LogP contribution in [0.3, 0.4) is 0 Å². The molecule has 0 radical (unpaired) electrons. The van der Waals surface area contributed by atoms with E-state index in [2.05, 4.69) is 80.8 Å². The van der Waals surface area contributed by atoms with Crippen LogP contribution in [0.15, 0.2) is 72.9 Å². The van der Waals surface area contributed by atoms with Crippen LogP contribution in [-0.2, 0) is 14.3 Å². The van der Waals surface area contributed by atoms with Gasteiger partial charge in [-0.15, -0.1) is 0 Å². The van der Waals surface area contributed by atoms with Gasteiger partial charge in [0.25, 0.3) is 0 Å². The van der Waals surface area contributed by atoms with E-state index >= 15 is 0 Å². The topological polar surface area (TPSA) is 95.9 Å². The summed E-state index contributed by atoms with van der Waals surface area (Å²) >= 11 is 0. The highest BCUT2D eigenvalue weighted by Gasteiger charge is 2.24. The highest BCUT2D eigenvalue weighted by atomic mass is 16.5. The third kappa shape index (κ3) is 45.9. The molecule has 0 aliphatic heterocycles. The van der Waals surface area contributed by atoms with Crippen molar-refractivity contribution in [2.75, 3.05) is 6.61 Å². The number of unbranched alkanes of at least 4 members (excludes halogenated alkanes) is 28. The highest BCUT2D eigenvalue weighted by Crippen LogP contribution is 2.17. The molecule has 0 spiro atoms. The van der Waals surface area contributed by atoms with Gasteiger partial charge in [-0.25, -0.2) is 0 Å². The third-order valence-corrected chi connectivity index (χ3v) is 12.1. The number of carbonyl (C=O) groups is 2. The van der Waals surface area contributed by atoms with Gasteiger partial charge < -0.3 is 20.3 Å². The Balaban J connectivity index is 4.64. The molecule has 6 nitrogen and oxygen atoms in total. The van der Waals surface area contributed by atoms with E-state index in [1.165, 1.54) is 128 Å². The summed E-state index contributed by atoms with van der Waals surface area (Å²) in [4.78, 5) is 26.2. The molecule has 0 aliphatic rings. The number of amides is 1. The normalized spacial score (nSPS) is 13.8. The fourth-order valence-electron chi connectivity index (χ4n) is 8.03. The second-order valence-corrected chi connectivity index (χ2v) is 18.4. The molecule has 0 aromatic carbocycles. The summed E-state index contributed by atoms with van der Waals surface area (Å²) < 4.78 is 5.91. The first kappa shape index (κ1) is 61.3. The molecular weight excluding hydrogens is 791 g/mol. The Bertz CT molecular complexity index is 1190. The number of ether oxygens (including phenoxy) is 1. The van der Waals surface area contributed by atoms with E-state index < -0.39 is 18.2 Å². The average molecular weight is 894 g/mol. The molecular formula is C58H103NO5. The number of aliphatic hydroxyl groups excluding tert-OH is 2. The molecule has 0 rings (SSSR count). The van der Waals surface area contributed by atoms with Gasteiger partial charge in [-0.3, -0.25) is 9.59 Å². The molecule has 3 unspecified atom stereocenters. The summed E-state index contributed by atoms with van der Waals surface area (Å²) in [6.45, 7) is 6.33. The van der Waals surface area contributed by atoms with Crippen LogP contribution in [0.1, 0.15) is 258 Å². The summed E-state index contributed by atoms with van der Waals surface area (Å²) in [5, 5.41) is 23.8. The van der Waals surface area contributed by atoms with E-state index in [1.807, 2.05) is 18.2 Å². The summed E-state index contributed by atoms with van der Waals surface area (Å²) in [5.41, 5.74) is 0. The fraction of sp³-hybridized carbons (Fsp3) is 0.759. The minimum Gasteiger partial charge on any atom is -0.462 e. The van der Waals surface area contributed by atoms with Gasteiger partial charge in [-0.05, 0) is 64.2 Å². The molecule has 64 heavy (non-hydrogen) atoms. The highest BCUT2D eigenvalue weighted by molar-refractivity contribution is 5.77. The first-order valence-electron chi connectivity index (χ1n) is 27.2. The van der Waals surface area contributed by atoms with Gasteiger partial charge in [0, 0.05) is 6.42 Å². The first-order valence-corrected chi connectivity index (χ1v) is 27.2. The van der Waals surface area contributed by atoms with Crippen LogP contribution in [-0.4, -0.2) is 46.9 Å². The largest absolute Gasteiger partial charge is 0.462 e. The molecule has 0 aliphatic carbocycles. The summed E-state index contributed by atoms with van der Waals surface area (Å²) in [7, 11) is 0. The molecule has 0 bridgehead atoms. The Labute approximate surface area is 396 Å². The van der Waals surface area contributed by atoms with Crippen LogP contribution in [0.5, 0.6) is 0 Å². The summed E-state index contributed by atoms with van der Waals surface area (Å²) in [5.74, 6) is -0.547. The fourth-order valence-corrected chi connectivity index (χ4v) is 8.03. The monoisotopic (exact) mass is 894 g/mol. The van der Waals surface area contributed by atoms with Crippen LogP contribution in [0.2, 0.25) is 0 Å². The molecule has 0 saturated carbocycles. The van der Waals surface area contributed by atoms with E-state index in [4.69, 9.17) is 4.74 Å². The molecule has 0 aromatic heterocycles. The third-order valence-electron chi connectivity index (χ3n) is 12.1. The minimum atomic E-state index is -0.807. The maximum Gasteiger partial charge on any atom is 0.306 e. The Morgan fingerprint density at radius 3 is 1.33 bits per heavy atom. The number of carbonyl (C=O) groups excluding carboxylic acids is 2. The van der Waals surface area contributed by atoms with Crippen LogP contribution in [0, 0.1) is 0 Å². The number of allylic oxidation sites excluding steroid dienone is 12. The zero-order chi connectivity index (χ0) is 46.7. The second-order valence-electron chi connectivity index (χ2n) is 18.4. The number of nitrogens with one attached hydrogen (secondary N) is 1. The van der Waals surface area contributed by atoms with Gasteiger partial charge in [0.1, 0.15) is 6.10 Å². The minimum absolute atomic E-state index is 0.0327. The van der Waals surface area contributed by atoms with Gasteiger partial charge in [0.2, 0.25) is 5.91 Å². The molecule has 1 amide bonds. The predicted molar refractivity (Wildman–Crippen MR) is 278 cm³/mol. The van der Waals surface area contributed by atoms with E-state index in [0.29, 0.717) is 19.3 Å².